The van der Waals surface area contributed by atoms with Gasteiger partial charge in [0, 0.05) is 6.42 Å². The molecule has 1 aliphatic rings. The van der Waals surface area contributed by atoms with Gasteiger partial charge in [-0.25, -0.2) is 0 Å². The number of unbranched alkanes of at least 4 members (excludes halogenated alkanes) is 41. The largest absolute Gasteiger partial charge is 0.394 e. The third-order valence-corrected chi connectivity index (χ3v) is 15.3. The van der Waals surface area contributed by atoms with Gasteiger partial charge in [0.2, 0.25) is 5.91 Å². The summed E-state index contributed by atoms with van der Waals surface area (Å²) in [5.74, 6) is -0.141. The summed E-state index contributed by atoms with van der Waals surface area (Å²) in [4.78, 5) is 13.0. The fourth-order valence-corrected chi connectivity index (χ4v) is 10.3. The quantitative estimate of drug-likeness (QED) is 0.0261. The van der Waals surface area contributed by atoms with E-state index in [1.165, 1.54) is 244 Å². The zero-order valence-corrected chi connectivity index (χ0v) is 47.5. The Balaban J connectivity index is 1.93. The molecule has 1 aliphatic heterocycles. The van der Waals surface area contributed by atoms with Crippen LogP contribution in [0.4, 0.5) is 0 Å². The number of carbonyl (C=O) groups excluding carboxylic acids is 1. The number of ether oxygens (including phenoxy) is 2. The highest BCUT2D eigenvalue weighted by molar-refractivity contribution is 5.76. The minimum absolute atomic E-state index is 0.134. The van der Waals surface area contributed by atoms with Gasteiger partial charge in [-0.15, -0.1) is 0 Å². The summed E-state index contributed by atoms with van der Waals surface area (Å²) < 4.78 is 11.3. The third-order valence-electron chi connectivity index (χ3n) is 15.3. The molecule has 7 atom stereocenters. The number of amides is 1. The van der Waals surface area contributed by atoms with E-state index in [0.717, 1.165) is 44.9 Å². The highest BCUT2D eigenvalue weighted by atomic mass is 16.7. The molecule has 72 heavy (non-hydrogen) atoms. The Morgan fingerprint density at radius 1 is 0.472 bits per heavy atom. The van der Waals surface area contributed by atoms with E-state index in [9.17, 15) is 30.3 Å². The highest BCUT2D eigenvalue weighted by Gasteiger charge is 2.44. The molecule has 1 saturated heterocycles. The first-order chi connectivity index (χ1) is 35.3. The number of hydrogen-bond acceptors (Lipinski definition) is 8. The molecular formula is C63H121NO8. The van der Waals surface area contributed by atoms with Gasteiger partial charge in [0.25, 0.3) is 0 Å². The zero-order chi connectivity index (χ0) is 52.2. The fourth-order valence-electron chi connectivity index (χ4n) is 10.3. The second-order valence-corrected chi connectivity index (χ2v) is 22.2. The monoisotopic (exact) mass is 1020 g/mol. The molecule has 1 fully saturated rings. The van der Waals surface area contributed by atoms with Crippen LogP contribution in [0.3, 0.4) is 0 Å². The lowest BCUT2D eigenvalue weighted by Crippen LogP contribution is -2.60. The molecule has 9 heteroatoms. The number of nitrogens with one attached hydrogen (secondary N) is 1. The van der Waals surface area contributed by atoms with Crippen LogP contribution in [0, 0.1) is 0 Å². The molecule has 0 saturated carbocycles. The van der Waals surface area contributed by atoms with E-state index in [2.05, 4.69) is 43.5 Å². The number of carbonyl (C=O) groups is 1. The maximum absolute atomic E-state index is 13.0. The van der Waals surface area contributed by atoms with Gasteiger partial charge < -0.3 is 40.3 Å². The first-order valence-electron chi connectivity index (χ1n) is 31.5. The van der Waals surface area contributed by atoms with Crippen molar-refractivity contribution in [3.8, 4) is 0 Å². The standard InChI is InChI=1S/C63H121NO8/c1-3-5-7-9-11-13-14-15-16-17-18-19-20-21-22-23-24-25-26-27-28-29-30-31-32-33-34-35-36-37-38-39-40-41-42-43-44-45-47-49-51-53-59(67)64-56(57(66)52-50-48-46-12-10-8-6-4-2)55-71-63-62(70)61(69)60(68)58(54-65)72-63/h14-15,17-18,56-58,60-63,65-66,68-70H,3-13,16,19-55H2,1-2H3,(H,64,67)/b15-14-,18-17-. The summed E-state index contributed by atoms with van der Waals surface area (Å²) in [6, 6.07) is -0.713. The number of allylic oxidation sites excluding steroid dienone is 4. The molecule has 6 N–H and O–H groups in total. The van der Waals surface area contributed by atoms with Crippen molar-refractivity contribution in [2.75, 3.05) is 13.2 Å². The molecule has 7 unspecified atom stereocenters. The fraction of sp³-hybridized carbons (Fsp3) is 0.921. The van der Waals surface area contributed by atoms with Crippen molar-refractivity contribution < 1.29 is 39.8 Å². The van der Waals surface area contributed by atoms with Crippen LogP contribution in [0.15, 0.2) is 24.3 Å². The van der Waals surface area contributed by atoms with Gasteiger partial charge in [-0.3, -0.25) is 4.79 Å². The Kier molecular flexibility index (Phi) is 50.6. The van der Waals surface area contributed by atoms with Crippen molar-refractivity contribution in [2.45, 2.75) is 358 Å². The van der Waals surface area contributed by atoms with Crippen LogP contribution in [0.2, 0.25) is 0 Å². The number of aliphatic hydroxyl groups excluding tert-OH is 5. The third kappa shape index (κ3) is 41.9. The summed E-state index contributed by atoms with van der Waals surface area (Å²) in [7, 11) is 0. The molecular weight excluding hydrogens is 899 g/mol. The van der Waals surface area contributed by atoms with Gasteiger partial charge >= 0.3 is 0 Å². The minimum atomic E-state index is -1.55. The van der Waals surface area contributed by atoms with Crippen molar-refractivity contribution in [1.82, 2.24) is 5.32 Å². The molecule has 1 rings (SSSR count). The Labute approximate surface area is 445 Å². The first kappa shape index (κ1) is 68.7. The van der Waals surface area contributed by atoms with E-state index in [1.807, 2.05) is 0 Å². The van der Waals surface area contributed by atoms with E-state index in [0.29, 0.717) is 12.8 Å². The van der Waals surface area contributed by atoms with Crippen LogP contribution in [0.25, 0.3) is 0 Å². The smallest absolute Gasteiger partial charge is 0.220 e. The maximum Gasteiger partial charge on any atom is 0.220 e. The molecule has 0 aromatic heterocycles. The van der Waals surface area contributed by atoms with Crippen molar-refractivity contribution in [3.05, 3.63) is 24.3 Å². The van der Waals surface area contributed by atoms with E-state index < -0.39 is 49.5 Å². The van der Waals surface area contributed by atoms with Crippen molar-refractivity contribution in [3.63, 3.8) is 0 Å². The van der Waals surface area contributed by atoms with Gasteiger partial charge in [0.15, 0.2) is 6.29 Å². The molecule has 0 radical (unpaired) electrons. The lowest BCUT2D eigenvalue weighted by Gasteiger charge is -2.40. The number of aliphatic hydroxyl groups is 5. The summed E-state index contributed by atoms with van der Waals surface area (Å²) in [5, 5.41) is 54.3. The molecule has 0 aliphatic carbocycles. The van der Waals surface area contributed by atoms with Crippen LogP contribution in [-0.4, -0.2) is 87.5 Å². The Bertz CT molecular complexity index is 1180. The Morgan fingerprint density at radius 2 is 0.819 bits per heavy atom. The molecule has 0 aromatic rings. The average Bonchev–Trinajstić information content (AvgIpc) is 3.38. The van der Waals surface area contributed by atoms with Crippen molar-refractivity contribution >= 4 is 5.91 Å². The van der Waals surface area contributed by atoms with E-state index in [4.69, 9.17) is 9.47 Å². The van der Waals surface area contributed by atoms with E-state index >= 15 is 0 Å². The van der Waals surface area contributed by atoms with Gasteiger partial charge in [0.05, 0.1) is 25.4 Å². The highest BCUT2D eigenvalue weighted by Crippen LogP contribution is 2.23. The van der Waals surface area contributed by atoms with E-state index in [-0.39, 0.29) is 12.5 Å². The second-order valence-electron chi connectivity index (χ2n) is 22.2. The lowest BCUT2D eigenvalue weighted by atomic mass is 9.99. The normalized spacial score (nSPS) is 19.2. The van der Waals surface area contributed by atoms with Crippen molar-refractivity contribution in [2.24, 2.45) is 0 Å². The SMILES string of the molecule is CCCCCCC/C=C\C/C=C\CCCCCCCCCCCCCCCCCCCCCCCCCCCCCCCC(=O)NC(COC1OC(CO)C(O)C(O)C1O)C(O)CCCCCCCCCC. The zero-order valence-electron chi connectivity index (χ0n) is 47.5. The summed E-state index contributed by atoms with van der Waals surface area (Å²) in [6.45, 7) is 3.81. The second kappa shape index (κ2) is 53.1. The van der Waals surface area contributed by atoms with Gasteiger partial charge in [-0.2, -0.15) is 0 Å². The summed E-state index contributed by atoms with van der Waals surface area (Å²) in [6.07, 6.45) is 61.4. The van der Waals surface area contributed by atoms with Crippen LogP contribution in [0.1, 0.15) is 316 Å². The Hall–Kier alpha value is -1.33. The Morgan fingerprint density at radius 3 is 1.19 bits per heavy atom. The molecule has 1 amide bonds. The molecule has 0 spiro atoms. The minimum Gasteiger partial charge on any atom is -0.394 e. The van der Waals surface area contributed by atoms with Crippen molar-refractivity contribution in [1.29, 1.82) is 0 Å². The van der Waals surface area contributed by atoms with Crippen LogP contribution >= 0.6 is 0 Å². The maximum atomic E-state index is 13.0. The van der Waals surface area contributed by atoms with Crippen LogP contribution in [0.5, 0.6) is 0 Å². The summed E-state index contributed by atoms with van der Waals surface area (Å²) in [5.41, 5.74) is 0. The molecule has 0 aromatic carbocycles. The van der Waals surface area contributed by atoms with E-state index in [1.54, 1.807) is 0 Å². The lowest BCUT2D eigenvalue weighted by molar-refractivity contribution is -0.302. The first-order valence-corrected chi connectivity index (χ1v) is 31.5. The molecule has 426 valence electrons. The molecule has 0 bridgehead atoms. The number of rotatable bonds is 55. The number of hydrogen-bond donors (Lipinski definition) is 6. The van der Waals surface area contributed by atoms with Crippen LogP contribution < -0.4 is 5.32 Å². The molecule has 1 heterocycles. The predicted molar refractivity (Wildman–Crippen MR) is 304 cm³/mol. The topological polar surface area (TPSA) is 149 Å². The van der Waals surface area contributed by atoms with Gasteiger partial charge in [0.1, 0.15) is 24.4 Å². The van der Waals surface area contributed by atoms with Gasteiger partial charge in [-0.05, 0) is 44.9 Å². The van der Waals surface area contributed by atoms with Gasteiger partial charge in [-0.1, -0.05) is 289 Å². The predicted octanol–water partition coefficient (Wildman–Crippen LogP) is 16.1. The summed E-state index contributed by atoms with van der Waals surface area (Å²) >= 11 is 0. The average molecular weight is 1020 g/mol. The van der Waals surface area contributed by atoms with Crippen LogP contribution in [-0.2, 0) is 14.3 Å². The molecule has 9 nitrogen and oxygen atoms in total.